The van der Waals surface area contributed by atoms with E-state index < -0.39 is 18.5 Å². The smallest absolute Gasteiger partial charge is 0.261 e. The minimum absolute atomic E-state index is 0.150. The Kier molecular flexibility index (Phi) is 5.75. The van der Waals surface area contributed by atoms with Gasteiger partial charge in [-0.25, -0.2) is 13.8 Å². The maximum atomic E-state index is 12.6. The highest BCUT2D eigenvalue weighted by Crippen LogP contribution is 2.21. The van der Waals surface area contributed by atoms with Crippen LogP contribution in [0.25, 0.3) is 10.9 Å². The second kappa shape index (κ2) is 8.44. The molecule has 0 saturated carbocycles. The molecule has 156 valence electrons. The summed E-state index contributed by atoms with van der Waals surface area (Å²) in [5.41, 5.74) is 1.07. The number of anilines is 1. The summed E-state index contributed by atoms with van der Waals surface area (Å²) in [5.74, 6) is 0.663. The average molecular weight is 405 g/mol. The second-order valence-electron chi connectivity index (χ2n) is 7.79. The summed E-state index contributed by atoms with van der Waals surface area (Å²) in [7, 11) is 0. The molecule has 9 heteroatoms. The molecule has 7 nitrogen and oxygen atoms in total. The van der Waals surface area contributed by atoms with Crippen molar-refractivity contribution < 1.29 is 13.6 Å². The van der Waals surface area contributed by atoms with E-state index in [1.807, 2.05) is 12.1 Å². The highest BCUT2D eigenvalue weighted by atomic mass is 19.3. The van der Waals surface area contributed by atoms with Gasteiger partial charge in [-0.1, -0.05) is 0 Å². The molecule has 0 radical (unpaired) electrons. The molecule has 1 unspecified atom stereocenters. The monoisotopic (exact) mass is 405 g/mol. The molecule has 2 aliphatic rings. The molecule has 3 heterocycles. The van der Waals surface area contributed by atoms with Crippen LogP contribution < -0.4 is 15.8 Å². The lowest BCUT2D eigenvalue weighted by molar-refractivity contribution is -0.123. The lowest BCUT2D eigenvalue weighted by Gasteiger charge is -2.38. The van der Waals surface area contributed by atoms with Crippen LogP contribution in [0.1, 0.15) is 12.8 Å². The number of nitrogens with one attached hydrogen (secondary N) is 1. The van der Waals surface area contributed by atoms with Crippen molar-refractivity contribution in [3.05, 3.63) is 34.9 Å². The van der Waals surface area contributed by atoms with E-state index in [9.17, 15) is 18.4 Å². The highest BCUT2D eigenvalue weighted by molar-refractivity contribution is 5.81. The summed E-state index contributed by atoms with van der Waals surface area (Å²) in [6.07, 6.45) is 0.174. The number of piperidine rings is 1. The number of hydrogen-bond acceptors (Lipinski definition) is 5. The van der Waals surface area contributed by atoms with Gasteiger partial charge < -0.3 is 10.2 Å². The van der Waals surface area contributed by atoms with Gasteiger partial charge in [-0.15, -0.1) is 0 Å². The van der Waals surface area contributed by atoms with Crippen molar-refractivity contribution in [2.75, 3.05) is 44.2 Å². The number of hydrogen-bond donors (Lipinski definition) is 1. The van der Waals surface area contributed by atoms with Crippen LogP contribution >= 0.6 is 0 Å². The van der Waals surface area contributed by atoms with Crippen molar-refractivity contribution in [2.45, 2.75) is 25.8 Å². The first-order chi connectivity index (χ1) is 14.0. The summed E-state index contributed by atoms with van der Waals surface area (Å²) < 4.78 is 26.1. The number of alkyl halides is 2. The predicted octanol–water partition coefficient (Wildman–Crippen LogP) is 1.31. The molecule has 29 heavy (non-hydrogen) atoms. The van der Waals surface area contributed by atoms with Gasteiger partial charge in [0.2, 0.25) is 5.91 Å². The van der Waals surface area contributed by atoms with Gasteiger partial charge in [0.15, 0.2) is 0 Å². The molecule has 2 saturated heterocycles. The number of fused-ring (bicyclic) bond motifs is 1. The molecule has 2 aliphatic heterocycles. The van der Waals surface area contributed by atoms with Crippen molar-refractivity contribution in [1.29, 1.82) is 0 Å². The van der Waals surface area contributed by atoms with E-state index in [1.165, 1.54) is 6.33 Å². The Hall–Kier alpha value is -2.55. The SMILES string of the molecule is O=C1CCC(CN2CCN(c3ccc4c(=O)n(CC(F)F)cnc4c3)CC2)CN1. The first-order valence-electron chi connectivity index (χ1n) is 10.0. The Bertz CT molecular complexity index is 930. The van der Waals surface area contributed by atoms with Crippen LogP contribution in [0.3, 0.4) is 0 Å². The van der Waals surface area contributed by atoms with Gasteiger partial charge in [0.1, 0.15) is 0 Å². The summed E-state index contributed by atoms with van der Waals surface area (Å²) in [6.45, 7) is 4.73. The normalized spacial score (nSPS) is 21.0. The van der Waals surface area contributed by atoms with Gasteiger partial charge in [-0.3, -0.25) is 19.1 Å². The Balaban J connectivity index is 1.39. The van der Waals surface area contributed by atoms with Crippen LogP contribution in [0.4, 0.5) is 14.5 Å². The molecule has 2 fully saturated rings. The van der Waals surface area contributed by atoms with Gasteiger partial charge in [-0.2, -0.15) is 0 Å². The molecule has 1 amide bonds. The number of benzene rings is 1. The lowest BCUT2D eigenvalue weighted by atomic mass is 9.98. The first-order valence-corrected chi connectivity index (χ1v) is 10.0. The second-order valence-corrected chi connectivity index (χ2v) is 7.79. The molecule has 2 aromatic rings. The number of rotatable bonds is 5. The van der Waals surface area contributed by atoms with Gasteiger partial charge in [-0.05, 0) is 30.5 Å². The van der Waals surface area contributed by atoms with Crippen LogP contribution in [-0.2, 0) is 11.3 Å². The first kappa shape index (κ1) is 19.8. The molecule has 4 rings (SSSR count). The van der Waals surface area contributed by atoms with Crippen LogP contribution in [-0.4, -0.2) is 66.1 Å². The molecule has 1 N–H and O–H groups in total. The zero-order valence-electron chi connectivity index (χ0n) is 16.2. The number of carbonyl (C=O) groups is 1. The summed E-state index contributed by atoms with van der Waals surface area (Å²) >= 11 is 0. The minimum Gasteiger partial charge on any atom is -0.369 e. The zero-order valence-corrected chi connectivity index (χ0v) is 16.2. The maximum Gasteiger partial charge on any atom is 0.261 e. The zero-order chi connectivity index (χ0) is 20.4. The van der Waals surface area contributed by atoms with Crippen molar-refractivity contribution in [3.63, 3.8) is 0 Å². The Labute approximate surface area is 167 Å². The van der Waals surface area contributed by atoms with Gasteiger partial charge in [0.05, 0.1) is 23.8 Å². The molecule has 1 aromatic heterocycles. The minimum atomic E-state index is -2.59. The van der Waals surface area contributed by atoms with E-state index in [1.54, 1.807) is 6.07 Å². The summed E-state index contributed by atoms with van der Waals surface area (Å²) in [6, 6.07) is 5.40. The fourth-order valence-corrected chi connectivity index (χ4v) is 4.12. The van der Waals surface area contributed by atoms with Crippen LogP contribution in [0.5, 0.6) is 0 Å². The predicted molar refractivity (Wildman–Crippen MR) is 106 cm³/mol. The van der Waals surface area contributed by atoms with Crippen molar-refractivity contribution >= 4 is 22.5 Å². The molecular weight excluding hydrogens is 380 g/mol. The lowest BCUT2D eigenvalue weighted by Crippen LogP contribution is -2.49. The maximum absolute atomic E-state index is 12.6. The number of piperazine rings is 1. The van der Waals surface area contributed by atoms with E-state index >= 15 is 0 Å². The van der Waals surface area contributed by atoms with E-state index in [-0.39, 0.29) is 5.91 Å². The number of carbonyl (C=O) groups excluding carboxylic acids is 1. The Morgan fingerprint density at radius 2 is 1.97 bits per heavy atom. The van der Waals surface area contributed by atoms with Crippen molar-refractivity contribution in [3.8, 4) is 0 Å². The standard InChI is InChI=1S/C20H25F2N5O2/c21-18(22)12-27-13-24-17-9-15(2-3-16(17)20(27)29)26-7-5-25(6-8-26)11-14-1-4-19(28)23-10-14/h2-3,9,13-14,18H,1,4-8,10-12H2,(H,23,28). The highest BCUT2D eigenvalue weighted by Gasteiger charge is 2.23. The third-order valence-electron chi connectivity index (χ3n) is 5.76. The molecule has 0 aliphatic carbocycles. The molecular formula is C20H25F2N5O2. The number of nitrogens with zero attached hydrogens (tertiary/aromatic N) is 4. The fourth-order valence-electron chi connectivity index (χ4n) is 4.12. The van der Waals surface area contributed by atoms with Crippen LogP contribution in [0.2, 0.25) is 0 Å². The third-order valence-corrected chi connectivity index (χ3v) is 5.76. The van der Waals surface area contributed by atoms with Crippen molar-refractivity contribution in [1.82, 2.24) is 19.8 Å². The molecule has 1 aromatic carbocycles. The quantitative estimate of drug-likeness (QED) is 0.812. The van der Waals surface area contributed by atoms with Crippen LogP contribution in [0.15, 0.2) is 29.3 Å². The van der Waals surface area contributed by atoms with Crippen LogP contribution in [0, 0.1) is 5.92 Å². The fraction of sp³-hybridized carbons (Fsp3) is 0.550. The number of aromatic nitrogens is 2. The third kappa shape index (κ3) is 4.55. The van der Waals surface area contributed by atoms with Gasteiger partial charge in [0, 0.05) is 51.4 Å². The number of halogens is 2. The topological polar surface area (TPSA) is 70.5 Å². The van der Waals surface area contributed by atoms with E-state index in [0.717, 1.165) is 55.9 Å². The largest absolute Gasteiger partial charge is 0.369 e. The summed E-state index contributed by atoms with van der Waals surface area (Å²) in [4.78, 5) is 32.5. The average Bonchev–Trinajstić information content (AvgIpc) is 2.72. The van der Waals surface area contributed by atoms with E-state index in [0.29, 0.717) is 23.2 Å². The van der Waals surface area contributed by atoms with Gasteiger partial charge in [0.25, 0.3) is 12.0 Å². The van der Waals surface area contributed by atoms with E-state index in [4.69, 9.17) is 0 Å². The Morgan fingerprint density at radius 3 is 2.66 bits per heavy atom. The van der Waals surface area contributed by atoms with Crippen molar-refractivity contribution in [2.24, 2.45) is 5.92 Å². The number of amides is 1. The summed E-state index contributed by atoms with van der Waals surface area (Å²) in [5, 5.41) is 3.30. The van der Waals surface area contributed by atoms with Gasteiger partial charge >= 0.3 is 0 Å². The molecule has 1 atom stereocenters. The van der Waals surface area contributed by atoms with E-state index in [2.05, 4.69) is 20.1 Å². The Morgan fingerprint density at radius 1 is 1.17 bits per heavy atom. The molecule has 0 spiro atoms. The molecule has 0 bridgehead atoms.